The first kappa shape index (κ1) is 18.2. The Morgan fingerprint density at radius 2 is 1.68 bits per heavy atom. The highest BCUT2D eigenvalue weighted by atomic mass is 33.9. The predicted octanol–water partition coefficient (Wildman–Crippen LogP) is 6.05. The minimum absolute atomic E-state index is 0.144. The van der Waals surface area contributed by atoms with E-state index >= 15 is 0 Å². The summed E-state index contributed by atoms with van der Waals surface area (Å²) < 4.78 is 1.10. The van der Waals surface area contributed by atoms with Gasteiger partial charge in [0.1, 0.15) is 4.20 Å². The largest absolute Gasteiger partial charge is 0.321 e. The summed E-state index contributed by atoms with van der Waals surface area (Å²) in [6.45, 7) is 0. The summed E-state index contributed by atoms with van der Waals surface area (Å²) in [6.07, 6.45) is 6.77. The lowest BCUT2D eigenvalue weighted by Crippen LogP contribution is -2.99. The highest BCUT2D eigenvalue weighted by Crippen LogP contribution is 2.61. The number of hydrogen-bond donors (Lipinski definition) is 1. The van der Waals surface area contributed by atoms with Gasteiger partial charge in [0, 0.05) is 5.56 Å². The molecule has 1 nitrogen and oxygen atoms in total. The lowest BCUT2D eigenvalue weighted by atomic mass is 9.94. The first-order chi connectivity index (χ1) is 10.8. The van der Waals surface area contributed by atoms with Crippen molar-refractivity contribution in [1.29, 1.82) is 0 Å². The SMILES string of the molecule is S=C1SSSSSSC1([NH2+]C1CCCCC1)c1ccccc1. The van der Waals surface area contributed by atoms with Crippen molar-refractivity contribution in [2.24, 2.45) is 0 Å². The van der Waals surface area contributed by atoms with Gasteiger partial charge >= 0.3 is 0 Å². The van der Waals surface area contributed by atoms with Gasteiger partial charge in [0.05, 0.1) is 6.04 Å². The van der Waals surface area contributed by atoms with Gasteiger partial charge in [-0.25, -0.2) is 0 Å². The third-order valence-electron chi connectivity index (χ3n) is 3.98. The molecule has 1 unspecified atom stereocenters. The van der Waals surface area contributed by atoms with Crippen LogP contribution in [0.25, 0.3) is 0 Å². The molecular weight excluding hydrogens is 407 g/mol. The molecule has 0 spiro atoms. The molecule has 1 aromatic carbocycles. The lowest BCUT2D eigenvalue weighted by molar-refractivity contribution is -0.727. The number of benzene rings is 1. The van der Waals surface area contributed by atoms with Crippen LogP contribution < -0.4 is 5.32 Å². The molecule has 1 aliphatic heterocycles. The third-order valence-corrected chi connectivity index (χ3v) is 16.2. The van der Waals surface area contributed by atoms with Crippen LogP contribution in [-0.2, 0) is 4.87 Å². The average Bonchev–Trinajstić information content (AvgIpc) is 2.56. The van der Waals surface area contributed by atoms with Gasteiger partial charge in [0.15, 0.2) is 0 Å². The van der Waals surface area contributed by atoms with Gasteiger partial charge in [-0.1, -0.05) is 49.0 Å². The van der Waals surface area contributed by atoms with Crippen molar-refractivity contribution in [2.75, 3.05) is 0 Å². The zero-order valence-corrected chi connectivity index (χ0v) is 17.7. The van der Waals surface area contributed by atoms with Crippen molar-refractivity contribution in [3.05, 3.63) is 35.9 Å². The fourth-order valence-corrected chi connectivity index (χ4v) is 16.6. The molecule has 2 aliphatic rings. The van der Waals surface area contributed by atoms with Gasteiger partial charge in [0.2, 0.25) is 4.87 Å². The van der Waals surface area contributed by atoms with Gasteiger partial charge in [-0.15, -0.1) is 0 Å². The van der Waals surface area contributed by atoms with E-state index < -0.39 is 0 Å². The highest BCUT2D eigenvalue weighted by Gasteiger charge is 2.45. The molecule has 8 heteroatoms. The number of hydrogen-bond acceptors (Lipinski definition) is 7. The normalized spacial score (nSPS) is 28.1. The Hall–Kier alpha value is 1.37. The minimum atomic E-state index is -0.144. The summed E-state index contributed by atoms with van der Waals surface area (Å²) in [5.74, 6) is 0. The molecule has 2 fully saturated rings. The zero-order valence-electron chi connectivity index (χ0n) is 11.9. The Kier molecular flexibility index (Phi) is 7.58. The summed E-state index contributed by atoms with van der Waals surface area (Å²) in [4.78, 5) is -0.144. The first-order valence-electron chi connectivity index (χ1n) is 7.29. The van der Waals surface area contributed by atoms with Gasteiger partial charge in [-0.2, -0.15) is 0 Å². The van der Waals surface area contributed by atoms with Crippen molar-refractivity contribution in [3.8, 4) is 0 Å². The summed E-state index contributed by atoms with van der Waals surface area (Å²) in [7, 11) is 11.0. The standard InChI is InChI=1S/C14H17NS7/c16-13-14(11-7-3-1-4-8-11,18-20-22-21-19-17-13)15-12-9-5-2-6-10-12/h1,3-4,7-8,12,15H,2,5-6,9-10H2/p+1. The van der Waals surface area contributed by atoms with Crippen LogP contribution in [0.4, 0.5) is 0 Å². The fourth-order valence-electron chi connectivity index (χ4n) is 2.91. The van der Waals surface area contributed by atoms with Gasteiger partial charge in [0.25, 0.3) is 0 Å². The van der Waals surface area contributed by atoms with Crippen molar-refractivity contribution >= 4 is 77.3 Å². The number of thiocarbonyl (C=S) groups is 1. The Labute approximate surface area is 160 Å². The second-order valence-electron chi connectivity index (χ2n) is 5.39. The van der Waals surface area contributed by atoms with E-state index in [1.54, 1.807) is 20.6 Å². The van der Waals surface area contributed by atoms with Crippen LogP contribution in [0.1, 0.15) is 37.7 Å². The van der Waals surface area contributed by atoms with Crippen LogP contribution in [0, 0.1) is 0 Å². The smallest absolute Gasteiger partial charge is 0.222 e. The van der Waals surface area contributed by atoms with Crippen molar-refractivity contribution < 1.29 is 5.32 Å². The van der Waals surface area contributed by atoms with E-state index in [9.17, 15) is 0 Å². The van der Waals surface area contributed by atoms with E-state index in [1.165, 1.54) is 37.7 Å². The minimum Gasteiger partial charge on any atom is -0.321 e. The number of quaternary nitrogens is 1. The molecule has 1 aromatic rings. The van der Waals surface area contributed by atoms with Crippen LogP contribution in [0.3, 0.4) is 0 Å². The molecule has 0 bridgehead atoms. The van der Waals surface area contributed by atoms with E-state index in [2.05, 4.69) is 35.6 Å². The summed E-state index contributed by atoms with van der Waals surface area (Å²) in [6, 6.07) is 11.5. The molecule has 22 heavy (non-hydrogen) atoms. The number of rotatable bonds is 3. The van der Waals surface area contributed by atoms with Crippen molar-refractivity contribution in [3.63, 3.8) is 0 Å². The average molecular weight is 425 g/mol. The molecule has 1 atom stereocenters. The number of nitrogens with two attached hydrogens (primary N) is 1. The molecule has 2 N–H and O–H groups in total. The summed E-state index contributed by atoms with van der Waals surface area (Å²) in [5, 5.41) is 2.58. The van der Waals surface area contributed by atoms with Crippen LogP contribution in [-0.4, -0.2) is 10.2 Å². The summed E-state index contributed by atoms with van der Waals surface area (Å²) >= 11 is 5.89. The molecule has 0 radical (unpaired) electrons. The molecule has 0 aromatic heterocycles. The molecule has 1 saturated heterocycles. The molecule has 1 aliphatic carbocycles. The van der Waals surface area contributed by atoms with Gasteiger partial charge in [-0.05, 0) is 86.6 Å². The van der Waals surface area contributed by atoms with Crippen molar-refractivity contribution in [2.45, 2.75) is 43.0 Å². The van der Waals surface area contributed by atoms with E-state index in [0.717, 1.165) is 4.20 Å². The molecule has 0 amide bonds. The first-order valence-corrected chi connectivity index (χ1v) is 15.2. The maximum absolute atomic E-state index is 5.89. The quantitative estimate of drug-likeness (QED) is 0.463. The van der Waals surface area contributed by atoms with Crippen LogP contribution in [0.5, 0.6) is 0 Å². The van der Waals surface area contributed by atoms with E-state index in [4.69, 9.17) is 12.2 Å². The molecule has 3 rings (SSSR count). The second kappa shape index (κ2) is 9.17. The molecule has 1 heterocycles. The topological polar surface area (TPSA) is 16.6 Å². The Balaban J connectivity index is 1.90. The lowest BCUT2D eigenvalue weighted by Gasteiger charge is -2.35. The predicted molar refractivity (Wildman–Crippen MR) is 115 cm³/mol. The van der Waals surface area contributed by atoms with Crippen LogP contribution in [0.15, 0.2) is 30.3 Å². The Bertz CT molecular complexity index is 491. The van der Waals surface area contributed by atoms with Crippen molar-refractivity contribution in [1.82, 2.24) is 0 Å². The Morgan fingerprint density at radius 3 is 2.45 bits per heavy atom. The maximum Gasteiger partial charge on any atom is 0.222 e. The molecular formula is C14H18NS7+. The monoisotopic (exact) mass is 424 g/mol. The summed E-state index contributed by atoms with van der Waals surface area (Å²) in [5.41, 5.74) is 1.34. The molecule has 120 valence electrons. The second-order valence-corrected chi connectivity index (χ2v) is 15.5. The zero-order chi connectivity index (χ0) is 15.3. The highest BCUT2D eigenvalue weighted by molar-refractivity contribution is 9.43. The van der Waals surface area contributed by atoms with Crippen LogP contribution in [0.2, 0.25) is 0 Å². The third kappa shape index (κ3) is 4.50. The van der Waals surface area contributed by atoms with E-state index in [0.29, 0.717) is 6.04 Å². The Morgan fingerprint density at radius 1 is 0.955 bits per heavy atom. The fraction of sp³-hybridized carbons (Fsp3) is 0.500. The van der Waals surface area contributed by atoms with E-state index in [1.807, 2.05) is 40.3 Å². The molecule has 1 saturated carbocycles. The maximum atomic E-state index is 5.89. The van der Waals surface area contributed by atoms with E-state index in [-0.39, 0.29) is 4.87 Å². The van der Waals surface area contributed by atoms with Crippen LogP contribution >= 0.6 is 73.1 Å². The van der Waals surface area contributed by atoms with Gasteiger partial charge in [-0.3, -0.25) is 0 Å². The van der Waals surface area contributed by atoms with Gasteiger partial charge < -0.3 is 5.32 Å².